The number of methoxy groups -OCH3 is 1. The van der Waals surface area contributed by atoms with E-state index in [1.165, 1.54) is 13.2 Å². The summed E-state index contributed by atoms with van der Waals surface area (Å²) in [4.78, 5) is 0. The molecule has 0 saturated heterocycles. The van der Waals surface area contributed by atoms with Crippen molar-refractivity contribution < 1.29 is 17.9 Å². The quantitative estimate of drug-likeness (QED) is 0.857. The number of ether oxygens (including phenoxy) is 1. The predicted octanol–water partition coefficient (Wildman–Crippen LogP) is 4.65. The van der Waals surface area contributed by atoms with Crippen molar-refractivity contribution in [3.63, 3.8) is 0 Å². The van der Waals surface area contributed by atoms with Crippen molar-refractivity contribution in [3.05, 3.63) is 64.2 Å². The minimum absolute atomic E-state index is 0.188. The van der Waals surface area contributed by atoms with Crippen LogP contribution in [0.4, 0.5) is 13.2 Å². The van der Waals surface area contributed by atoms with E-state index >= 15 is 0 Å². The second kappa shape index (κ2) is 7.23. The Bertz CT molecular complexity index is 673. The summed E-state index contributed by atoms with van der Waals surface area (Å²) in [5.41, 5.74) is 6.52. The summed E-state index contributed by atoms with van der Waals surface area (Å²) in [5.74, 6) is 0.434. The summed E-state index contributed by atoms with van der Waals surface area (Å²) >= 11 is 6.02. The number of benzene rings is 2. The molecule has 0 amide bonds. The Morgan fingerprint density at radius 1 is 1.17 bits per heavy atom. The minimum Gasteiger partial charge on any atom is -0.496 e. The van der Waals surface area contributed by atoms with Crippen LogP contribution in [-0.4, -0.2) is 13.7 Å². The Balaban J connectivity index is 2.32. The highest BCUT2D eigenvalue weighted by atomic mass is 35.5. The molecular formula is C17H17ClF3NO. The molecule has 2 aromatic carbocycles. The maximum absolute atomic E-state index is 12.8. The Labute approximate surface area is 138 Å². The zero-order chi connectivity index (χ0) is 17.0. The van der Waals surface area contributed by atoms with Crippen LogP contribution in [0.5, 0.6) is 5.75 Å². The van der Waals surface area contributed by atoms with E-state index in [2.05, 4.69) is 0 Å². The topological polar surface area (TPSA) is 35.2 Å². The fourth-order valence-corrected chi connectivity index (χ4v) is 2.68. The lowest BCUT2D eigenvalue weighted by Crippen LogP contribution is -2.16. The van der Waals surface area contributed by atoms with Crippen LogP contribution in [0.3, 0.4) is 0 Å². The van der Waals surface area contributed by atoms with E-state index in [-0.39, 0.29) is 12.5 Å². The van der Waals surface area contributed by atoms with Crippen molar-refractivity contribution in [1.29, 1.82) is 0 Å². The molecule has 2 N–H and O–H groups in total. The molecule has 1 unspecified atom stereocenters. The van der Waals surface area contributed by atoms with Crippen molar-refractivity contribution >= 4 is 11.6 Å². The number of alkyl halides is 3. The second-order valence-electron chi connectivity index (χ2n) is 5.22. The van der Waals surface area contributed by atoms with Gasteiger partial charge in [-0.05, 0) is 42.8 Å². The lowest BCUT2D eigenvalue weighted by Gasteiger charge is -2.19. The lowest BCUT2D eigenvalue weighted by atomic mass is 9.90. The summed E-state index contributed by atoms with van der Waals surface area (Å²) in [6.07, 6.45) is -3.99. The molecule has 0 bridgehead atoms. The third kappa shape index (κ3) is 4.39. The molecule has 0 fully saturated rings. The average molecular weight is 344 g/mol. The molecule has 1 atom stereocenters. The largest absolute Gasteiger partial charge is 0.496 e. The normalized spacial score (nSPS) is 13.0. The van der Waals surface area contributed by atoms with Gasteiger partial charge in [-0.2, -0.15) is 13.2 Å². The molecular weight excluding hydrogens is 327 g/mol. The highest BCUT2D eigenvalue weighted by Gasteiger charge is 2.30. The standard InChI is InChI=1S/C17H17ClF3NO/c1-23-16-6-5-14(18)9-15(16)12(10-22)7-11-3-2-4-13(8-11)17(19,20)21/h2-6,8-9,12H,7,10,22H2,1H3. The molecule has 0 aromatic heterocycles. The maximum atomic E-state index is 12.8. The number of rotatable bonds is 5. The molecule has 0 aliphatic heterocycles. The van der Waals surface area contributed by atoms with Gasteiger partial charge in [0.05, 0.1) is 12.7 Å². The molecule has 0 spiro atoms. The lowest BCUT2D eigenvalue weighted by molar-refractivity contribution is -0.137. The van der Waals surface area contributed by atoms with Gasteiger partial charge in [0.15, 0.2) is 0 Å². The van der Waals surface area contributed by atoms with Gasteiger partial charge < -0.3 is 10.5 Å². The molecule has 2 rings (SSSR count). The SMILES string of the molecule is COc1ccc(Cl)cc1C(CN)Cc1cccc(C(F)(F)F)c1. The van der Waals surface area contributed by atoms with Crippen molar-refractivity contribution in [2.75, 3.05) is 13.7 Å². The van der Waals surface area contributed by atoms with Crippen LogP contribution < -0.4 is 10.5 Å². The highest BCUT2D eigenvalue weighted by molar-refractivity contribution is 6.30. The van der Waals surface area contributed by atoms with E-state index < -0.39 is 11.7 Å². The van der Waals surface area contributed by atoms with Gasteiger partial charge in [-0.25, -0.2) is 0 Å². The monoisotopic (exact) mass is 343 g/mol. The van der Waals surface area contributed by atoms with Crippen molar-refractivity contribution in [2.24, 2.45) is 5.73 Å². The smallest absolute Gasteiger partial charge is 0.416 e. The zero-order valence-electron chi connectivity index (χ0n) is 12.5. The Kier molecular flexibility index (Phi) is 5.55. The first-order valence-corrected chi connectivity index (χ1v) is 7.42. The number of hydrogen-bond donors (Lipinski definition) is 1. The molecule has 2 nitrogen and oxygen atoms in total. The van der Waals surface area contributed by atoms with E-state index in [1.54, 1.807) is 24.3 Å². The van der Waals surface area contributed by atoms with Gasteiger partial charge in [0.2, 0.25) is 0 Å². The zero-order valence-corrected chi connectivity index (χ0v) is 13.3. The van der Waals surface area contributed by atoms with Gasteiger partial charge in [-0.1, -0.05) is 29.8 Å². The summed E-state index contributed by atoms with van der Waals surface area (Å²) in [5, 5.41) is 0.531. The van der Waals surface area contributed by atoms with Gasteiger partial charge in [0.25, 0.3) is 0 Å². The fraction of sp³-hybridized carbons (Fsp3) is 0.294. The number of hydrogen-bond acceptors (Lipinski definition) is 2. The summed E-state index contributed by atoms with van der Waals surface area (Å²) < 4.78 is 43.8. The van der Waals surface area contributed by atoms with Gasteiger partial charge in [-0.3, -0.25) is 0 Å². The molecule has 2 aromatic rings. The molecule has 0 aliphatic rings. The summed E-state index contributed by atoms with van der Waals surface area (Å²) in [7, 11) is 1.53. The second-order valence-corrected chi connectivity index (χ2v) is 5.66. The van der Waals surface area contributed by atoms with Gasteiger partial charge in [0, 0.05) is 16.5 Å². The van der Waals surface area contributed by atoms with E-state index in [0.717, 1.165) is 17.7 Å². The molecule has 124 valence electrons. The van der Waals surface area contributed by atoms with Crippen molar-refractivity contribution in [1.82, 2.24) is 0 Å². The van der Waals surface area contributed by atoms with Crippen LogP contribution in [-0.2, 0) is 12.6 Å². The van der Waals surface area contributed by atoms with E-state index in [4.69, 9.17) is 22.1 Å². The first-order valence-electron chi connectivity index (χ1n) is 7.04. The predicted molar refractivity (Wildman–Crippen MR) is 84.9 cm³/mol. The van der Waals surface area contributed by atoms with Gasteiger partial charge in [-0.15, -0.1) is 0 Å². The van der Waals surface area contributed by atoms with Crippen LogP contribution in [0, 0.1) is 0 Å². The molecule has 0 saturated carbocycles. The molecule has 0 aliphatic carbocycles. The van der Waals surface area contributed by atoms with Gasteiger partial charge in [0.1, 0.15) is 5.75 Å². The average Bonchev–Trinajstić information content (AvgIpc) is 2.52. The first kappa shape index (κ1) is 17.6. The first-order chi connectivity index (χ1) is 10.8. The third-order valence-electron chi connectivity index (χ3n) is 3.65. The fourth-order valence-electron chi connectivity index (χ4n) is 2.50. The van der Waals surface area contributed by atoms with Crippen LogP contribution >= 0.6 is 11.6 Å². The van der Waals surface area contributed by atoms with Crippen molar-refractivity contribution in [3.8, 4) is 5.75 Å². The Morgan fingerprint density at radius 3 is 2.52 bits per heavy atom. The van der Waals surface area contributed by atoms with E-state index in [1.807, 2.05) is 0 Å². The van der Waals surface area contributed by atoms with Crippen LogP contribution in [0.2, 0.25) is 5.02 Å². The molecule has 6 heteroatoms. The Morgan fingerprint density at radius 2 is 1.91 bits per heavy atom. The number of nitrogens with two attached hydrogens (primary N) is 1. The van der Waals surface area contributed by atoms with E-state index in [0.29, 0.717) is 22.8 Å². The highest BCUT2D eigenvalue weighted by Crippen LogP contribution is 2.33. The van der Waals surface area contributed by atoms with E-state index in [9.17, 15) is 13.2 Å². The summed E-state index contributed by atoms with van der Waals surface area (Å²) in [6, 6.07) is 10.4. The van der Waals surface area contributed by atoms with Crippen LogP contribution in [0.1, 0.15) is 22.6 Å². The maximum Gasteiger partial charge on any atom is 0.416 e. The van der Waals surface area contributed by atoms with Crippen molar-refractivity contribution in [2.45, 2.75) is 18.5 Å². The third-order valence-corrected chi connectivity index (χ3v) is 3.89. The molecule has 23 heavy (non-hydrogen) atoms. The molecule has 0 heterocycles. The van der Waals surface area contributed by atoms with Crippen LogP contribution in [0.15, 0.2) is 42.5 Å². The number of halogens is 4. The Hall–Kier alpha value is -1.72. The van der Waals surface area contributed by atoms with Crippen LogP contribution in [0.25, 0.3) is 0 Å². The van der Waals surface area contributed by atoms with Gasteiger partial charge >= 0.3 is 6.18 Å². The minimum atomic E-state index is -4.36. The molecule has 0 radical (unpaired) electrons. The summed E-state index contributed by atoms with van der Waals surface area (Å²) in [6.45, 7) is 0.271.